The van der Waals surface area contributed by atoms with Crippen LogP contribution in [0.3, 0.4) is 0 Å². The first-order valence-corrected chi connectivity index (χ1v) is 10.8. The summed E-state index contributed by atoms with van der Waals surface area (Å²) in [6.45, 7) is 1.18. The summed E-state index contributed by atoms with van der Waals surface area (Å²) in [5, 5.41) is 18.7. The van der Waals surface area contributed by atoms with Crippen LogP contribution < -0.4 is 14.2 Å². The Kier molecular flexibility index (Phi) is 7.23. The molecule has 0 aliphatic carbocycles. The molecule has 0 saturated carbocycles. The molecule has 1 aliphatic rings. The highest BCUT2D eigenvalue weighted by Gasteiger charge is 2.25. The Morgan fingerprint density at radius 1 is 1.20 bits per heavy atom. The molecule has 9 nitrogen and oxygen atoms in total. The number of rotatable bonds is 10. The van der Waals surface area contributed by atoms with Crippen molar-refractivity contribution in [1.82, 2.24) is 0 Å². The van der Waals surface area contributed by atoms with Gasteiger partial charge < -0.3 is 23.9 Å². The molecule has 0 atom stereocenters. The van der Waals surface area contributed by atoms with E-state index in [-0.39, 0.29) is 19.6 Å². The molecular weight excluding hydrogens is 450 g/mol. The smallest absolute Gasteiger partial charge is 0.374 e. The third-order valence-corrected chi connectivity index (χ3v) is 5.26. The molecule has 2 aromatic carbocycles. The number of carbonyl (C=O) groups excluding carboxylic acids is 1. The zero-order valence-corrected chi connectivity index (χ0v) is 18.7. The van der Waals surface area contributed by atoms with Gasteiger partial charge in [-0.3, -0.25) is 9.59 Å². The summed E-state index contributed by atoms with van der Waals surface area (Å²) in [5.74, 6) is 0.664. The van der Waals surface area contributed by atoms with Crippen LogP contribution in [0, 0.1) is 11.3 Å². The van der Waals surface area contributed by atoms with Gasteiger partial charge in [-0.15, -0.1) is 0 Å². The summed E-state index contributed by atoms with van der Waals surface area (Å²) < 4.78 is 18.4. The van der Waals surface area contributed by atoms with Crippen molar-refractivity contribution in [3.63, 3.8) is 0 Å². The Hall–Kier alpha value is -4.84. The molecule has 0 spiro atoms. The summed E-state index contributed by atoms with van der Waals surface area (Å²) >= 11 is 0. The number of allylic oxidation sites excluding steroid dienone is 4. The molecule has 1 aromatic heterocycles. The minimum Gasteiger partial charge on any atom is -0.481 e. The van der Waals surface area contributed by atoms with E-state index in [0.29, 0.717) is 41.7 Å². The Morgan fingerprint density at radius 3 is 2.80 bits per heavy atom. The Bertz CT molecular complexity index is 1380. The number of carbonyl (C=O) groups is 2. The zero-order chi connectivity index (χ0) is 24.6. The number of carboxylic acid groups (broad SMARTS) is 1. The fourth-order valence-electron chi connectivity index (χ4n) is 3.67. The molecule has 0 fully saturated rings. The number of para-hydroxylation sites is 4. The van der Waals surface area contributed by atoms with Gasteiger partial charge in [0.15, 0.2) is 12.3 Å². The molecule has 1 aliphatic heterocycles. The maximum Gasteiger partial charge on any atom is 0.374 e. The standard InChI is InChI=1S/C26H21N3O6/c27-17-19(9-11-24-28(14-13-26(31)32)20-5-1-3-7-22(20)34-24)10-12-25-29(15-16-33-18-30)21-6-2-4-8-23(21)35-25/h1-12,18H,13-16H2/p+1. The van der Waals surface area contributed by atoms with Crippen molar-refractivity contribution in [2.45, 2.75) is 13.0 Å². The number of oxazole rings is 1. The van der Waals surface area contributed by atoms with Gasteiger partial charge in [0, 0.05) is 12.1 Å². The molecule has 0 amide bonds. The van der Waals surface area contributed by atoms with Gasteiger partial charge in [0.25, 0.3) is 12.0 Å². The lowest BCUT2D eigenvalue weighted by Gasteiger charge is -2.17. The van der Waals surface area contributed by atoms with Gasteiger partial charge in [0.05, 0.1) is 30.0 Å². The third kappa shape index (κ3) is 5.39. The van der Waals surface area contributed by atoms with E-state index in [1.54, 1.807) is 34.9 Å². The highest BCUT2D eigenvalue weighted by molar-refractivity contribution is 5.70. The monoisotopic (exact) mass is 472 g/mol. The SMILES string of the molecule is N#CC(=C\C=C1/Oc2ccccc2N1CCOC=O)/C=C/c1oc2ccccc2[n+]1CCC(=O)O. The van der Waals surface area contributed by atoms with Crippen molar-refractivity contribution in [2.75, 3.05) is 18.1 Å². The van der Waals surface area contributed by atoms with Crippen LogP contribution in [0.15, 0.2) is 82.6 Å². The van der Waals surface area contributed by atoms with Gasteiger partial charge in [-0.05, 0) is 30.4 Å². The molecule has 1 N–H and O–H groups in total. The first-order chi connectivity index (χ1) is 17.1. The van der Waals surface area contributed by atoms with Gasteiger partial charge >= 0.3 is 11.9 Å². The molecule has 9 heteroatoms. The van der Waals surface area contributed by atoms with Crippen molar-refractivity contribution in [3.05, 3.63) is 84.1 Å². The number of benzene rings is 2. The fraction of sp³-hybridized carbons (Fsp3) is 0.154. The Labute approximate surface area is 201 Å². The number of aryl methyl sites for hydroxylation is 1. The molecule has 176 valence electrons. The van der Waals surface area contributed by atoms with E-state index < -0.39 is 5.97 Å². The lowest BCUT2D eigenvalue weighted by atomic mass is 10.2. The summed E-state index contributed by atoms with van der Waals surface area (Å²) in [5.41, 5.74) is 2.54. The van der Waals surface area contributed by atoms with E-state index in [0.717, 1.165) is 11.2 Å². The number of anilines is 1. The van der Waals surface area contributed by atoms with Crippen LogP contribution in [0.25, 0.3) is 17.2 Å². The van der Waals surface area contributed by atoms with E-state index in [2.05, 4.69) is 6.07 Å². The number of fused-ring (bicyclic) bond motifs is 2. The van der Waals surface area contributed by atoms with Crippen molar-refractivity contribution in [2.24, 2.45) is 0 Å². The predicted octanol–water partition coefficient (Wildman–Crippen LogP) is 3.57. The van der Waals surface area contributed by atoms with Crippen LogP contribution >= 0.6 is 0 Å². The number of aromatic nitrogens is 1. The summed E-state index contributed by atoms with van der Waals surface area (Å²) in [6, 6.07) is 16.9. The summed E-state index contributed by atoms with van der Waals surface area (Å²) in [6.07, 6.45) is 6.43. The molecule has 35 heavy (non-hydrogen) atoms. The molecule has 0 unspecified atom stereocenters. The van der Waals surface area contributed by atoms with Crippen molar-refractivity contribution < 1.29 is 33.2 Å². The number of nitriles is 1. The predicted molar refractivity (Wildman–Crippen MR) is 126 cm³/mol. The highest BCUT2D eigenvalue weighted by Crippen LogP contribution is 2.38. The quantitative estimate of drug-likeness (QED) is 0.156. The lowest BCUT2D eigenvalue weighted by Crippen LogP contribution is -2.36. The number of carboxylic acids is 1. The first-order valence-electron chi connectivity index (χ1n) is 10.8. The first kappa shape index (κ1) is 23.3. The third-order valence-electron chi connectivity index (χ3n) is 5.26. The largest absolute Gasteiger partial charge is 0.481 e. The average molecular weight is 472 g/mol. The van der Waals surface area contributed by atoms with Gasteiger partial charge in [-0.2, -0.15) is 9.83 Å². The van der Waals surface area contributed by atoms with Crippen LogP contribution in [-0.4, -0.2) is 30.7 Å². The van der Waals surface area contributed by atoms with Crippen molar-refractivity contribution in [3.8, 4) is 11.8 Å². The second-order valence-corrected chi connectivity index (χ2v) is 7.46. The normalized spacial score (nSPS) is 14.2. The average Bonchev–Trinajstić information content (AvgIpc) is 3.40. The Morgan fingerprint density at radius 2 is 2.00 bits per heavy atom. The maximum absolute atomic E-state index is 11.1. The minimum absolute atomic E-state index is 0.0658. The van der Waals surface area contributed by atoms with Crippen LogP contribution in [0.5, 0.6) is 5.75 Å². The summed E-state index contributed by atoms with van der Waals surface area (Å²) in [7, 11) is 0. The van der Waals surface area contributed by atoms with Gasteiger partial charge in [-0.1, -0.05) is 24.3 Å². The minimum atomic E-state index is -0.914. The van der Waals surface area contributed by atoms with Gasteiger partial charge in [0.1, 0.15) is 13.0 Å². The second-order valence-electron chi connectivity index (χ2n) is 7.46. The topological polar surface area (TPSA) is 117 Å². The van der Waals surface area contributed by atoms with Gasteiger partial charge in [-0.25, -0.2) is 0 Å². The lowest BCUT2D eigenvalue weighted by molar-refractivity contribution is -0.676. The molecule has 0 radical (unpaired) electrons. The number of aliphatic carboxylic acids is 1. The van der Waals surface area contributed by atoms with Crippen molar-refractivity contribution in [1.29, 1.82) is 5.26 Å². The van der Waals surface area contributed by atoms with E-state index in [4.69, 9.17) is 19.0 Å². The molecular formula is C26H22N3O6+. The Balaban J connectivity index is 1.60. The molecule has 4 rings (SSSR count). The molecule has 0 saturated heterocycles. The van der Waals surface area contributed by atoms with Crippen LogP contribution in [0.4, 0.5) is 5.69 Å². The van der Waals surface area contributed by atoms with E-state index >= 15 is 0 Å². The maximum atomic E-state index is 11.1. The number of ether oxygens (including phenoxy) is 2. The van der Waals surface area contributed by atoms with Gasteiger partial charge in [0.2, 0.25) is 11.5 Å². The highest BCUT2D eigenvalue weighted by atomic mass is 16.5. The van der Waals surface area contributed by atoms with E-state index in [9.17, 15) is 14.9 Å². The fourth-order valence-corrected chi connectivity index (χ4v) is 3.67. The van der Waals surface area contributed by atoms with E-state index in [1.807, 2.05) is 47.4 Å². The summed E-state index contributed by atoms with van der Waals surface area (Å²) in [4.78, 5) is 23.5. The zero-order valence-electron chi connectivity index (χ0n) is 18.7. The van der Waals surface area contributed by atoms with Crippen molar-refractivity contribution >= 4 is 35.3 Å². The number of hydrogen-bond donors (Lipinski definition) is 1. The molecule has 3 aromatic rings. The molecule has 0 bridgehead atoms. The van der Waals surface area contributed by atoms with E-state index in [1.165, 1.54) is 0 Å². The second kappa shape index (κ2) is 10.9. The number of nitrogens with zero attached hydrogens (tertiary/aromatic N) is 3. The van der Waals surface area contributed by atoms with Crippen LogP contribution in [-0.2, 0) is 20.9 Å². The van der Waals surface area contributed by atoms with Crippen LogP contribution in [0.2, 0.25) is 0 Å². The number of hydrogen-bond acceptors (Lipinski definition) is 7. The molecule has 2 heterocycles. The van der Waals surface area contributed by atoms with Crippen LogP contribution in [0.1, 0.15) is 12.3 Å².